The molecule has 4 nitrogen and oxygen atoms in total. The summed E-state index contributed by atoms with van der Waals surface area (Å²) in [6.45, 7) is 5.89. The van der Waals surface area contributed by atoms with Crippen molar-refractivity contribution in [2.45, 2.75) is 12.5 Å². The Kier molecular flexibility index (Phi) is 6.10. The van der Waals surface area contributed by atoms with Crippen molar-refractivity contribution >= 4 is 0 Å². The minimum absolute atomic E-state index is 0.660. The van der Waals surface area contributed by atoms with Gasteiger partial charge in [-0.15, -0.1) is 0 Å². The Morgan fingerprint density at radius 3 is 2.93 bits per heavy atom. The summed E-state index contributed by atoms with van der Waals surface area (Å²) >= 11 is 0. The number of hydrogen-bond acceptors (Lipinski definition) is 4. The van der Waals surface area contributed by atoms with E-state index in [2.05, 4.69) is 29.6 Å². The maximum absolute atomic E-state index is 5.48. The molecular weight excluding hydrogens is 178 g/mol. The van der Waals surface area contributed by atoms with E-state index in [9.17, 15) is 0 Å². The first-order valence-corrected chi connectivity index (χ1v) is 5.45. The molecular formula is C10H23N3O. The van der Waals surface area contributed by atoms with E-state index in [-0.39, 0.29) is 0 Å². The quantitative estimate of drug-likeness (QED) is 0.545. The van der Waals surface area contributed by atoms with Gasteiger partial charge < -0.3 is 20.3 Å². The van der Waals surface area contributed by atoms with Crippen molar-refractivity contribution in [2.24, 2.45) is 0 Å². The fourth-order valence-corrected chi connectivity index (χ4v) is 1.51. The zero-order valence-corrected chi connectivity index (χ0v) is 9.38. The van der Waals surface area contributed by atoms with E-state index in [1.54, 1.807) is 0 Å². The van der Waals surface area contributed by atoms with Gasteiger partial charge in [0.15, 0.2) is 0 Å². The Bertz CT molecular complexity index is 135. The van der Waals surface area contributed by atoms with E-state index in [4.69, 9.17) is 4.74 Å². The average molecular weight is 201 g/mol. The summed E-state index contributed by atoms with van der Waals surface area (Å²) < 4.78 is 5.48. The second-order valence-electron chi connectivity index (χ2n) is 4.06. The van der Waals surface area contributed by atoms with Crippen LogP contribution in [0.3, 0.4) is 0 Å². The number of hydrogen-bond donors (Lipinski definition) is 2. The molecule has 0 aromatic carbocycles. The summed E-state index contributed by atoms with van der Waals surface area (Å²) in [5.74, 6) is 0. The molecule has 1 aliphatic rings. The number of nitrogens with one attached hydrogen (secondary N) is 2. The lowest BCUT2D eigenvalue weighted by molar-refractivity contribution is 0.118. The normalized spacial score (nSPS) is 22.1. The number of likely N-dealkylation sites (N-methyl/N-ethyl adjacent to an activating group) is 1. The van der Waals surface area contributed by atoms with E-state index in [1.807, 2.05) is 0 Å². The summed E-state index contributed by atoms with van der Waals surface area (Å²) in [6.07, 6.45) is 1.25. The standard InChI is InChI=1S/C10H23N3O/c1-13(2)6-8-14-7-5-12-10-3-4-11-9-10/h10-12H,3-9H2,1-2H3. The first-order chi connectivity index (χ1) is 6.79. The molecule has 4 heteroatoms. The Morgan fingerprint density at radius 2 is 2.29 bits per heavy atom. The van der Waals surface area contributed by atoms with E-state index in [0.717, 1.165) is 39.4 Å². The zero-order chi connectivity index (χ0) is 10.2. The van der Waals surface area contributed by atoms with Crippen LogP contribution in [0.15, 0.2) is 0 Å². The Hall–Kier alpha value is -0.160. The number of rotatable bonds is 7. The fourth-order valence-electron chi connectivity index (χ4n) is 1.51. The molecule has 1 unspecified atom stereocenters. The molecule has 0 bridgehead atoms. The van der Waals surface area contributed by atoms with Crippen molar-refractivity contribution in [1.82, 2.24) is 15.5 Å². The minimum Gasteiger partial charge on any atom is -0.379 e. The van der Waals surface area contributed by atoms with Crippen molar-refractivity contribution in [3.8, 4) is 0 Å². The van der Waals surface area contributed by atoms with Gasteiger partial charge in [0.2, 0.25) is 0 Å². The van der Waals surface area contributed by atoms with Crippen molar-refractivity contribution < 1.29 is 4.74 Å². The molecule has 0 aromatic rings. The van der Waals surface area contributed by atoms with Gasteiger partial charge in [0.25, 0.3) is 0 Å². The second kappa shape index (κ2) is 7.17. The van der Waals surface area contributed by atoms with Gasteiger partial charge in [0.05, 0.1) is 13.2 Å². The van der Waals surface area contributed by atoms with Gasteiger partial charge in [-0.05, 0) is 27.1 Å². The maximum Gasteiger partial charge on any atom is 0.0593 e. The Balaban J connectivity index is 1.79. The van der Waals surface area contributed by atoms with Crippen molar-refractivity contribution in [3.63, 3.8) is 0 Å². The molecule has 84 valence electrons. The Morgan fingerprint density at radius 1 is 1.43 bits per heavy atom. The van der Waals surface area contributed by atoms with Gasteiger partial charge in [-0.2, -0.15) is 0 Å². The van der Waals surface area contributed by atoms with Gasteiger partial charge in [0.1, 0.15) is 0 Å². The third-order valence-corrected chi connectivity index (χ3v) is 2.42. The predicted molar refractivity (Wildman–Crippen MR) is 58.7 cm³/mol. The summed E-state index contributed by atoms with van der Waals surface area (Å²) in [7, 11) is 4.12. The number of nitrogens with zero attached hydrogens (tertiary/aromatic N) is 1. The molecule has 1 rings (SSSR count). The van der Waals surface area contributed by atoms with Crippen molar-refractivity contribution in [3.05, 3.63) is 0 Å². The molecule has 0 amide bonds. The Labute approximate surface area is 87.0 Å². The van der Waals surface area contributed by atoms with Gasteiger partial charge in [0, 0.05) is 25.7 Å². The zero-order valence-electron chi connectivity index (χ0n) is 9.38. The highest BCUT2D eigenvalue weighted by atomic mass is 16.5. The molecule has 1 atom stereocenters. The van der Waals surface area contributed by atoms with Crippen LogP contribution in [-0.4, -0.2) is 64.4 Å². The molecule has 1 aliphatic heterocycles. The highest BCUT2D eigenvalue weighted by molar-refractivity contribution is 4.76. The lowest BCUT2D eigenvalue weighted by Gasteiger charge is -2.12. The topological polar surface area (TPSA) is 36.5 Å². The van der Waals surface area contributed by atoms with Crippen LogP contribution in [0.5, 0.6) is 0 Å². The maximum atomic E-state index is 5.48. The van der Waals surface area contributed by atoms with Crippen LogP contribution in [0.1, 0.15) is 6.42 Å². The lowest BCUT2D eigenvalue weighted by atomic mass is 10.3. The van der Waals surface area contributed by atoms with Crippen LogP contribution in [0.2, 0.25) is 0 Å². The minimum atomic E-state index is 0.660. The molecule has 1 saturated heterocycles. The van der Waals surface area contributed by atoms with Crippen LogP contribution in [0.25, 0.3) is 0 Å². The average Bonchev–Trinajstić information content (AvgIpc) is 2.63. The van der Waals surface area contributed by atoms with Crippen LogP contribution < -0.4 is 10.6 Å². The third-order valence-electron chi connectivity index (χ3n) is 2.42. The molecule has 1 heterocycles. The largest absolute Gasteiger partial charge is 0.379 e. The highest BCUT2D eigenvalue weighted by Gasteiger charge is 2.12. The smallest absolute Gasteiger partial charge is 0.0593 e. The highest BCUT2D eigenvalue weighted by Crippen LogP contribution is 1.95. The van der Waals surface area contributed by atoms with E-state index in [1.165, 1.54) is 6.42 Å². The van der Waals surface area contributed by atoms with Gasteiger partial charge in [-0.1, -0.05) is 0 Å². The molecule has 0 aliphatic carbocycles. The fraction of sp³-hybridized carbons (Fsp3) is 1.00. The summed E-state index contributed by atoms with van der Waals surface area (Å²) in [6, 6.07) is 0.660. The van der Waals surface area contributed by atoms with Crippen LogP contribution in [0, 0.1) is 0 Å². The van der Waals surface area contributed by atoms with E-state index < -0.39 is 0 Å². The molecule has 14 heavy (non-hydrogen) atoms. The van der Waals surface area contributed by atoms with Gasteiger partial charge >= 0.3 is 0 Å². The predicted octanol–water partition coefficient (Wildman–Crippen LogP) is -0.484. The molecule has 1 fully saturated rings. The van der Waals surface area contributed by atoms with Crippen LogP contribution >= 0.6 is 0 Å². The summed E-state index contributed by atoms with van der Waals surface area (Å²) in [5, 5.41) is 6.80. The summed E-state index contributed by atoms with van der Waals surface area (Å²) in [5.41, 5.74) is 0. The van der Waals surface area contributed by atoms with Crippen LogP contribution in [0.4, 0.5) is 0 Å². The third kappa shape index (κ3) is 5.54. The molecule has 2 N–H and O–H groups in total. The van der Waals surface area contributed by atoms with E-state index in [0.29, 0.717) is 6.04 Å². The first kappa shape index (κ1) is 11.9. The van der Waals surface area contributed by atoms with Gasteiger partial charge in [-0.3, -0.25) is 0 Å². The van der Waals surface area contributed by atoms with Gasteiger partial charge in [-0.25, -0.2) is 0 Å². The second-order valence-corrected chi connectivity index (χ2v) is 4.06. The molecule has 0 spiro atoms. The van der Waals surface area contributed by atoms with Crippen molar-refractivity contribution in [1.29, 1.82) is 0 Å². The van der Waals surface area contributed by atoms with E-state index >= 15 is 0 Å². The molecule has 0 saturated carbocycles. The SMILES string of the molecule is CN(C)CCOCCNC1CCNC1. The molecule has 0 aromatic heterocycles. The summed E-state index contributed by atoms with van der Waals surface area (Å²) in [4.78, 5) is 2.13. The number of ether oxygens (including phenoxy) is 1. The van der Waals surface area contributed by atoms with Crippen LogP contribution in [-0.2, 0) is 4.74 Å². The monoisotopic (exact) mass is 201 g/mol. The first-order valence-electron chi connectivity index (χ1n) is 5.45. The van der Waals surface area contributed by atoms with Crippen molar-refractivity contribution in [2.75, 3.05) is 53.5 Å². The lowest BCUT2D eigenvalue weighted by Crippen LogP contribution is -2.33. The molecule has 0 radical (unpaired) electrons.